The normalized spacial score (nSPS) is 50.2. The Balaban J connectivity index is 1.72. The van der Waals surface area contributed by atoms with Crippen molar-refractivity contribution in [3.63, 3.8) is 0 Å². The molecule has 2 aliphatic carbocycles. The highest BCUT2D eigenvalue weighted by Crippen LogP contribution is 2.55. The Morgan fingerprint density at radius 3 is 1.47 bits per heavy atom. The lowest BCUT2D eigenvalue weighted by molar-refractivity contribution is -0.165. The molecule has 2 saturated carbocycles. The monoisotopic (exact) mass is 454 g/mol. The van der Waals surface area contributed by atoms with Crippen molar-refractivity contribution >= 4 is 0 Å². The van der Waals surface area contributed by atoms with Gasteiger partial charge in [-0.15, -0.1) is 0 Å². The molecule has 0 aromatic carbocycles. The van der Waals surface area contributed by atoms with Gasteiger partial charge in [-0.1, -0.05) is 55.4 Å². The summed E-state index contributed by atoms with van der Waals surface area (Å²) in [7, 11) is 1.62. The van der Waals surface area contributed by atoms with Crippen LogP contribution in [0.2, 0.25) is 0 Å². The van der Waals surface area contributed by atoms with Gasteiger partial charge < -0.3 is 24.1 Å². The summed E-state index contributed by atoms with van der Waals surface area (Å²) in [6.07, 6.45) is 0.280. The molecular formula is C27H50O5. The minimum atomic E-state index is -0.555. The van der Waals surface area contributed by atoms with E-state index in [0.717, 1.165) is 13.2 Å². The van der Waals surface area contributed by atoms with Gasteiger partial charge in [-0.25, -0.2) is 0 Å². The third kappa shape index (κ3) is 5.38. The fourth-order valence-electron chi connectivity index (χ4n) is 7.37. The Labute approximate surface area is 196 Å². The van der Waals surface area contributed by atoms with Crippen LogP contribution in [0.15, 0.2) is 0 Å². The van der Waals surface area contributed by atoms with E-state index in [4.69, 9.17) is 18.9 Å². The molecule has 5 nitrogen and oxygen atoms in total. The van der Waals surface area contributed by atoms with Crippen molar-refractivity contribution in [1.82, 2.24) is 0 Å². The lowest BCUT2D eigenvalue weighted by atomic mass is 9.50. The quantitative estimate of drug-likeness (QED) is 0.520. The number of epoxide rings is 1. The van der Waals surface area contributed by atoms with E-state index in [9.17, 15) is 5.11 Å². The highest BCUT2D eigenvalue weighted by atomic mass is 16.6. The molecule has 0 amide bonds. The summed E-state index contributed by atoms with van der Waals surface area (Å²) in [4.78, 5) is 0. The van der Waals surface area contributed by atoms with Crippen LogP contribution in [0.5, 0.6) is 0 Å². The van der Waals surface area contributed by atoms with Crippen LogP contribution < -0.4 is 0 Å². The fourth-order valence-corrected chi connectivity index (χ4v) is 7.37. The average Bonchev–Trinajstić information content (AvgIpc) is 3.58. The van der Waals surface area contributed by atoms with Gasteiger partial charge in [-0.3, -0.25) is 0 Å². The summed E-state index contributed by atoms with van der Waals surface area (Å²) in [5.74, 6) is 5.80. The Morgan fingerprint density at radius 2 is 1.09 bits per heavy atom. The van der Waals surface area contributed by atoms with Crippen molar-refractivity contribution in [3.05, 3.63) is 0 Å². The average molecular weight is 455 g/mol. The molecule has 3 fully saturated rings. The topological polar surface area (TPSA) is 60.5 Å². The smallest absolute Gasteiger partial charge is 0.104 e. The number of methoxy groups -OCH3 is 1. The molecule has 10 atom stereocenters. The highest BCUT2D eigenvalue weighted by molar-refractivity contribution is 5.01. The number of ether oxygens (including phenoxy) is 4. The molecular weight excluding hydrogens is 404 g/mol. The molecule has 0 aromatic rings. The predicted molar refractivity (Wildman–Crippen MR) is 127 cm³/mol. The van der Waals surface area contributed by atoms with Crippen LogP contribution in [0.3, 0.4) is 0 Å². The Bertz CT molecular complexity index is 548. The number of rotatable bonds is 9. The number of aliphatic hydroxyl groups is 1. The van der Waals surface area contributed by atoms with Crippen LogP contribution >= 0.6 is 0 Å². The van der Waals surface area contributed by atoms with Gasteiger partial charge in [-0.2, -0.15) is 0 Å². The molecule has 0 radical (unpaired) electrons. The number of hydrogen-bond donors (Lipinski definition) is 1. The predicted octanol–water partition coefficient (Wildman–Crippen LogP) is 4.51. The van der Waals surface area contributed by atoms with Gasteiger partial charge in [-0.05, 0) is 59.2 Å². The third-order valence-corrected chi connectivity index (χ3v) is 9.98. The molecule has 188 valence electrons. The zero-order chi connectivity index (χ0) is 23.7. The molecule has 5 heteroatoms. The van der Waals surface area contributed by atoms with Gasteiger partial charge in [0, 0.05) is 7.11 Å². The summed E-state index contributed by atoms with van der Waals surface area (Å²) in [6, 6.07) is 0. The SMILES string of the molecule is COCC(O)COC1C(C)C(C)C(C2C(C)C(C)C(OCC3CO3)C(C)C2C)C(C)C1C. The third-order valence-electron chi connectivity index (χ3n) is 9.98. The van der Waals surface area contributed by atoms with Crippen molar-refractivity contribution in [3.8, 4) is 0 Å². The van der Waals surface area contributed by atoms with Crippen LogP contribution in [-0.2, 0) is 18.9 Å². The summed E-state index contributed by atoms with van der Waals surface area (Å²) >= 11 is 0. The second kappa shape index (κ2) is 11.0. The van der Waals surface area contributed by atoms with Gasteiger partial charge in [0.05, 0.1) is 38.6 Å². The molecule has 10 unspecified atom stereocenters. The molecule has 3 rings (SSSR count). The minimum Gasteiger partial charge on any atom is -0.388 e. The van der Waals surface area contributed by atoms with Gasteiger partial charge in [0.15, 0.2) is 0 Å². The lowest BCUT2D eigenvalue weighted by Crippen LogP contribution is -2.56. The summed E-state index contributed by atoms with van der Waals surface area (Å²) in [5.41, 5.74) is 0. The number of aliphatic hydroxyl groups excluding tert-OH is 1. The minimum absolute atomic E-state index is 0.182. The zero-order valence-electron chi connectivity index (χ0n) is 22.0. The number of hydrogen-bond acceptors (Lipinski definition) is 5. The van der Waals surface area contributed by atoms with E-state index in [2.05, 4.69) is 55.4 Å². The van der Waals surface area contributed by atoms with E-state index in [1.54, 1.807) is 7.11 Å². The van der Waals surface area contributed by atoms with Crippen LogP contribution in [-0.4, -0.2) is 63.1 Å². The fraction of sp³-hybridized carbons (Fsp3) is 1.00. The molecule has 0 bridgehead atoms. The Hall–Kier alpha value is -0.200. The maximum absolute atomic E-state index is 10.1. The molecule has 1 aliphatic heterocycles. The first-order valence-corrected chi connectivity index (χ1v) is 13.1. The molecule has 32 heavy (non-hydrogen) atoms. The lowest BCUT2D eigenvalue weighted by Gasteiger charge is -2.57. The maximum Gasteiger partial charge on any atom is 0.104 e. The summed E-state index contributed by atoms with van der Waals surface area (Å²) in [5, 5.41) is 10.1. The molecule has 1 N–H and O–H groups in total. The molecule has 0 aromatic heterocycles. The molecule has 1 heterocycles. The van der Waals surface area contributed by atoms with Crippen molar-refractivity contribution < 1.29 is 24.1 Å². The second-order valence-corrected chi connectivity index (χ2v) is 11.7. The first-order valence-electron chi connectivity index (χ1n) is 13.1. The van der Waals surface area contributed by atoms with Gasteiger partial charge >= 0.3 is 0 Å². The van der Waals surface area contributed by atoms with E-state index < -0.39 is 6.10 Å². The van der Waals surface area contributed by atoms with Crippen LogP contribution in [0.25, 0.3) is 0 Å². The van der Waals surface area contributed by atoms with Crippen LogP contribution in [0.4, 0.5) is 0 Å². The van der Waals surface area contributed by atoms with E-state index in [0.29, 0.717) is 84.6 Å². The van der Waals surface area contributed by atoms with Crippen molar-refractivity contribution in [1.29, 1.82) is 0 Å². The Morgan fingerprint density at radius 1 is 0.688 bits per heavy atom. The molecule has 0 spiro atoms. The van der Waals surface area contributed by atoms with Gasteiger partial charge in [0.2, 0.25) is 0 Å². The summed E-state index contributed by atoms with van der Waals surface area (Å²) < 4.78 is 23.2. The standard InChI is InChI=1S/C27H50O5/c1-14-18(5)26(31-11-22(28)10-29-9)19(6)15(2)24(14)25-16(3)20(7)27(21(8)17(25)4)32-13-23-12-30-23/h14-28H,10-13H2,1-9H3. The van der Waals surface area contributed by atoms with Crippen LogP contribution in [0.1, 0.15) is 55.4 Å². The Kier molecular flexibility index (Phi) is 9.10. The van der Waals surface area contributed by atoms with E-state index in [-0.39, 0.29) is 6.10 Å². The van der Waals surface area contributed by atoms with Gasteiger partial charge in [0.25, 0.3) is 0 Å². The van der Waals surface area contributed by atoms with Crippen LogP contribution in [0, 0.1) is 59.2 Å². The van der Waals surface area contributed by atoms with Crippen molar-refractivity contribution in [2.24, 2.45) is 59.2 Å². The first-order chi connectivity index (χ1) is 15.1. The molecule has 3 aliphatic rings. The maximum atomic E-state index is 10.1. The van der Waals surface area contributed by atoms with E-state index in [1.807, 2.05) is 0 Å². The first kappa shape index (κ1) is 26.4. The van der Waals surface area contributed by atoms with Gasteiger partial charge in [0.1, 0.15) is 12.2 Å². The zero-order valence-corrected chi connectivity index (χ0v) is 22.0. The summed E-state index contributed by atoms with van der Waals surface area (Å²) in [6.45, 7) is 21.7. The second-order valence-electron chi connectivity index (χ2n) is 11.7. The largest absolute Gasteiger partial charge is 0.388 e. The van der Waals surface area contributed by atoms with E-state index >= 15 is 0 Å². The highest BCUT2D eigenvalue weighted by Gasteiger charge is 2.53. The van der Waals surface area contributed by atoms with E-state index in [1.165, 1.54) is 0 Å². The molecule has 1 saturated heterocycles. The van der Waals surface area contributed by atoms with Crippen molar-refractivity contribution in [2.75, 3.05) is 33.5 Å². The van der Waals surface area contributed by atoms with Crippen molar-refractivity contribution in [2.45, 2.75) is 79.8 Å².